The summed E-state index contributed by atoms with van der Waals surface area (Å²) in [7, 11) is 1.28. The van der Waals surface area contributed by atoms with Crippen molar-refractivity contribution in [3.8, 4) is 16.9 Å². The summed E-state index contributed by atoms with van der Waals surface area (Å²) in [5, 5.41) is 10.6. The fourth-order valence-electron chi connectivity index (χ4n) is 4.24. The zero-order valence-electron chi connectivity index (χ0n) is 17.1. The lowest BCUT2D eigenvalue weighted by molar-refractivity contribution is 0.0600. The topological polar surface area (TPSA) is 89.6 Å². The number of amides is 1. The Kier molecular flexibility index (Phi) is 4.74. The first-order valence-corrected chi connectivity index (χ1v) is 9.39. The van der Waals surface area contributed by atoms with E-state index in [2.05, 4.69) is 27.7 Å². The third kappa shape index (κ3) is 3.15. The second-order valence-electron chi connectivity index (χ2n) is 8.77. The Morgan fingerprint density at radius 1 is 1.00 bits per heavy atom. The predicted octanol–water partition coefficient (Wildman–Crippen LogP) is 4.29. The summed E-state index contributed by atoms with van der Waals surface area (Å²) in [5.74, 6) is -1.16. The van der Waals surface area contributed by atoms with Crippen molar-refractivity contribution in [2.24, 2.45) is 5.73 Å². The SMILES string of the molecule is COC(=O)c1ccc(-c2ccc3c(c2C(N)=O)C(C)(C)CCC3(C)C)c(O)c1. The van der Waals surface area contributed by atoms with E-state index in [0.29, 0.717) is 16.7 Å². The maximum atomic E-state index is 12.6. The number of benzene rings is 2. The third-order valence-electron chi connectivity index (χ3n) is 5.94. The standard InChI is InChI=1S/C23H27NO4/c1-22(2)10-11-23(3,4)19-16(22)9-8-15(18(19)20(24)26)14-7-6-13(12-17(14)25)21(27)28-5/h6-9,12,25H,10-11H2,1-5H3,(H2,24,26). The molecule has 148 valence electrons. The lowest BCUT2D eigenvalue weighted by Crippen LogP contribution is -2.36. The van der Waals surface area contributed by atoms with Crippen molar-refractivity contribution < 1.29 is 19.4 Å². The van der Waals surface area contributed by atoms with E-state index in [9.17, 15) is 14.7 Å². The molecular weight excluding hydrogens is 354 g/mol. The van der Waals surface area contributed by atoms with Crippen molar-refractivity contribution in [1.82, 2.24) is 0 Å². The lowest BCUT2D eigenvalue weighted by atomic mass is 9.61. The van der Waals surface area contributed by atoms with Crippen LogP contribution in [0.3, 0.4) is 0 Å². The molecule has 0 heterocycles. The number of carbonyl (C=O) groups excluding carboxylic acids is 2. The van der Waals surface area contributed by atoms with E-state index in [1.54, 1.807) is 12.1 Å². The molecule has 5 nitrogen and oxygen atoms in total. The molecule has 3 N–H and O–H groups in total. The Labute approximate surface area is 165 Å². The molecule has 0 saturated heterocycles. The van der Waals surface area contributed by atoms with Gasteiger partial charge in [0, 0.05) is 5.56 Å². The van der Waals surface area contributed by atoms with Crippen molar-refractivity contribution in [2.75, 3.05) is 7.11 Å². The molecule has 1 aliphatic rings. The molecular formula is C23H27NO4. The van der Waals surface area contributed by atoms with Crippen LogP contribution in [0.2, 0.25) is 0 Å². The van der Waals surface area contributed by atoms with Gasteiger partial charge in [-0.1, -0.05) is 39.8 Å². The second-order valence-corrected chi connectivity index (χ2v) is 8.77. The first kappa shape index (κ1) is 19.9. The molecule has 0 bridgehead atoms. The van der Waals surface area contributed by atoms with Crippen molar-refractivity contribution in [3.63, 3.8) is 0 Å². The van der Waals surface area contributed by atoms with Crippen LogP contribution < -0.4 is 5.73 Å². The number of carbonyl (C=O) groups is 2. The maximum Gasteiger partial charge on any atom is 0.337 e. The largest absolute Gasteiger partial charge is 0.507 e. The van der Waals surface area contributed by atoms with Crippen molar-refractivity contribution in [3.05, 3.63) is 52.6 Å². The van der Waals surface area contributed by atoms with Crippen LogP contribution in [0.5, 0.6) is 5.75 Å². The van der Waals surface area contributed by atoms with Crippen molar-refractivity contribution >= 4 is 11.9 Å². The Morgan fingerprint density at radius 3 is 2.18 bits per heavy atom. The Morgan fingerprint density at radius 2 is 1.61 bits per heavy atom. The van der Waals surface area contributed by atoms with Crippen LogP contribution in [0.4, 0.5) is 0 Å². The number of phenolic OH excluding ortho intramolecular Hbond substituents is 1. The molecule has 0 aromatic heterocycles. The average molecular weight is 381 g/mol. The van der Waals surface area contributed by atoms with Gasteiger partial charge >= 0.3 is 5.97 Å². The molecule has 1 amide bonds. The number of aromatic hydroxyl groups is 1. The summed E-state index contributed by atoms with van der Waals surface area (Å²) < 4.78 is 4.70. The van der Waals surface area contributed by atoms with Crippen LogP contribution in [0, 0.1) is 0 Å². The van der Waals surface area contributed by atoms with Crippen molar-refractivity contribution in [2.45, 2.75) is 51.4 Å². The number of esters is 1. The second kappa shape index (κ2) is 6.66. The van der Waals surface area contributed by atoms with Gasteiger partial charge in [-0.25, -0.2) is 4.79 Å². The molecule has 0 spiro atoms. The van der Waals surface area contributed by atoms with Gasteiger partial charge in [0.15, 0.2) is 0 Å². The van der Waals surface area contributed by atoms with E-state index in [1.807, 2.05) is 12.1 Å². The maximum absolute atomic E-state index is 12.6. The fourth-order valence-corrected chi connectivity index (χ4v) is 4.24. The van der Waals surface area contributed by atoms with E-state index >= 15 is 0 Å². The monoisotopic (exact) mass is 381 g/mol. The summed E-state index contributed by atoms with van der Waals surface area (Å²) in [4.78, 5) is 24.3. The number of rotatable bonds is 3. The Hall–Kier alpha value is -2.82. The van der Waals surface area contributed by atoms with Gasteiger partial charge in [0.05, 0.1) is 18.2 Å². The van der Waals surface area contributed by atoms with Gasteiger partial charge in [-0.05, 0) is 58.6 Å². The highest BCUT2D eigenvalue weighted by Gasteiger charge is 2.40. The van der Waals surface area contributed by atoms with Crippen LogP contribution >= 0.6 is 0 Å². The van der Waals surface area contributed by atoms with Gasteiger partial charge in [-0.2, -0.15) is 0 Å². The first-order chi connectivity index (χ1) is 13.0. The molecule has 0 fully saturated rings. The first-order valence-electron chi connectivity index (χ1n) is 9.39. The molecule has 2 aromatic carbocycles. The zero-order valence-corrected chi connectivity index (χ0v) is 17.1. The highest BCUT2D eigenvalue weighted by Crippen LogP contribution is 2.49. The predicted molar refractivity (Wildman–Crippen MR) is 109 cm³/mol. The zero-order chi connectivity index (χ0) is 20.9. The van der Waals surface area contributed by atoms with Crippen LogP contribution in [-0.2, 0) is 15.6 Å². The molecule has 5 heteroatoms. The van der Waals surface area contributed by atoms with Gasteiger partial charge in [0.2, 0.25) is 5.91 Å². The van der Waals surface area contributed by atoms with E-state index < -0.39 is 11.9 Å². The van der Waals surface area contributed by atoms with Gasteiger partial charge in [0.25, 0.3) is 0 Å². The van der Waals surface area contributed by atoms with E-state index in [-0.39, 0.29) is 22.1 Å². The third-order valence-corrected chi connectivity index (χ3v) is 5.94. The number of nitrogens with two attached hydrogens (primary N) is 1. The minimum absolute atomic E-state index is 0.0651. The Balaban J connectivity index is 2.30. The minimum Gasteiger partial charge on any atom is -0.507 e. The number of ether oxygens (including phenoxy) is 1. The number of phenols is 1. The Bertz CT molecular complexity index is 973. The molecule has 0 radical (unpaired) electrons. The highest BCUT2D eigenvalue weighted by atomic mass is 16.5. The van der Waals surface area contributed by atoms with E-state index in [1.165, 1.54) is 13.2 Å². The quantitative estimate of drug-likeness (QED) is 0.776. The average Bonchev–Trinajstić information content (AvgIpc) is 2.63. The van der Waals surface area contributed by atoms with E-state index in [0.717, 1.165) is 24.0 Å². The molecule has 3 rings (SSSR count). The smallest absolute Gasteiger partial charge is 0.337 e. The minimum atomic E-state index is -0.537. The van der Waals surface area contributed by atoms with Crippen molar-refractivity contribution in [1.29, 1.82) is 0 Å². The van der Waals surface area contributed by atoms with Gasteiger partial charge < -0.3 is 15.6 Å². The number of fused-ring (bicyclic) bond motifs is 1. The molecule has 0 saturated carbocycles. The van der Waals surface area contributed by atoms with E-state index in [4.69, 9.17) is 10.5 Å². The van der Waals surface area contributed by atoms with Crippen LogP contribution in [0.25, 0.3) is 11.1 Å². The lowest BCUT2D eigenvalue weighted by Gasteiger charge is -2.43. The number of methoxy groups -OCH3 is 1. The summed E-state index contributed by atoms with van der Waals surface area (Å²) >= 11 is 0. The number of primary amides is 1. The molecule has 28 heavy (non-hydrogen) atoms. The summed E-state index contributed by atoms with van der Waals surface area (Å²) in [5.41, 5.74) is 9.34. The van der Waals surface area contributed by atoms with Crippen LogP contribution in [-0.4, -0.2) is 24.1 Å². The molecule has 1 aliphatic carbocycles. The number of hydrogen-bond donors (Lipinski definition) is 2. The van der Waals surface area contributed by atoms with Crippen LogP contribution in [0.15, 0.2) is 30.3 Å². The van der Waals surface area contributed by atoms with Gasteiger partial charge in [-0.15, -0.1) is 0 Å². The molecule has 0 atom stereocenters. The van der Waals surface area contributed by atoms with Gasteiger partial charge in [0.1, 0.15) is 5.75 Å². The molecule has 0 unspecified atom stereocenters. The van der Waals surface area contributed by atoms with Crippen LogP contribution in [0.1, 0.15) is 72.4 Å². The summed E-state index contributed by atoms with van der Waals surface area (Å²) in [6.07, 6.45) is 1.95. The summed E-state index contributed by atoms with van der Waals surface area (Å²) in [6.45, 7) is 8.59. The fraction of sp³-hybridized carbons (Fsp3) is 0.391. The molecule has 0 aliphatic heterocycles. The number of hydrogen-bond acceptors (Lipinski definition) is 4. The summed E-state index contributed by atoms with van der Waals surface area (Å²) in [6, 6.07) is 8.41. The normalized spacial score (nSPS) is 16.9. The highest BCUT2D eigenvalue weighted by molar-refractivity contribution is 6.03. The van der Waals surface area contributed by atoms with Gasteiger partial charge in [-0.3, -0.25) is 4.79 Å². The molecule has 2 aromatic rings.